The highest BCUT2D eigenvalue weighted by Crippen LogP contribution is 2.31. The lowest BCUT2D eigenvalue weighted by molar-refractivity contribution is 0.102. The van der Waals surface area contributed by atoms with Crippen LogP contribution in [0.5, 0.6) is 17.2 Å². The first-order valence-electron chi connectivity index (χ1n) is 10.3. The van der Waals surface area contributed by atoms with Crippen molar-refractivity contribution in [2.24, 2.45) is 0 Å². The van der Waals surface area contributed by atoms with E-state index in [2.05, 4.69) is 10.0 Å². The monoisotopic (exact) mass is 478 g/mol. The largest absolute Gasteiger partial charge is 0.493 e. The molecule has 9 heteroatoms. The molecule has 0 aliphatic heterocycles. The predicted molar refractivity (Wildman–Crippen MR) is 127 cm³/mol. The van der Waals surface area contributed by atoms with Crippen molar-refractivity contribution in [3.63, 3.8) is 0 Å². The zero-order valence-corrected chi connectivity index (χ0v) is 19.0. The van der Waals surface area contributed by atoms with E-state index in [0.717, 1.165) is 0 Å². The molecule has 0 fully saturated rings. The van der Waals surface area contributed by atoms with Gasteiger partial charge in [-0.25, -0.2) is 13.1 Å². The van der Waals surface area contributed by atoms with Crippen molar-refractivity contribution in [2.75, 3.05) is 12.4 Å². The zero-order chi connectivity index (χ0) is 24.0. The summed E-state index contributed by atoms with van der Waals surface area (Å²) in [6.07, 6.45) is 1.46. The van der Waals surface area contributed by atoms with Gasteiger partial charge in [-0.05, 0) is 66.7 Å². The van der Waals surface area contributed by atoms with Gasteiger partial charge in [-0.1, -0.05) is 18.2 Å². The summed E-state index contributed by atoms with van der Waals surface area (Å²) in [6.45, 7) is 0.00896. The van der Waals surface area contributed by atoms with Gasteiger partial charge in [0.1, 0.15) is 11.5 Å². The molecule has 0 unspecified atom stereocenters. The van der Waals surface area contributed by atoms with E-state index < -0.39 is 15.9 Å². The van der Waals surface area contributed by atoms with Crippen molar-refractivity contribution >= 4 is 21.6 Å². The highest BCUT2D eigenvalue weighted by molar-refractivity contribution is 7.89. The summed E-state index contributed by atoms with van der Waals surface area (Å²) in [6, 6.07) is 23.2. The maximum absolute atomic E-state index is 12.7. The van der Waals surface area contributed by atoms with E-state index in [-0.39, 0.29) is 17.0 Å². The second kappa shape index (κ2) is 10.2. The molecule has 2 N–H and O–H groups in total. The van der Waals surface area contributed by atoms with Gasteiger partial charge in [0.15, 0.2) is 11.5 Å². The SMILES string of the molecule is COc1ccccc1Oc1ccc(NC(=O)c2cccc(S(=O)(=O)NCc3ccco3)c2)cc1. The number of benzene rings is 3. The van der Waals surface area contributed by atoms with E-state index in [9.17, 15) is 13.2 Å². The Hall–Kier alpha value is -4.08. The number of rotatable bonds is 9. The van der Waals surface area contributed by atoms with Gasteiger partial charge in [0.05, 0.1) is 24.8 Å². The van der Waals surface area contributed by atoms with Crippen molar-refractivity contribution in [3.05, 3.63) is 103 Å². The summed E-state index contributed by atoms with van der Waals surface area (Å²) in [4.78, 5) is 12.7. The van der Waals surface area contributed by atoms with Gasteiger partial charge in [0.2, 0.25) is 10.0 Å². The molecule has 3 aromatic carbocycles. The Bertz CT molecular complexity index is 1370. The molecule has 4 aromatic rings. The van der Waals surface area contributed by atoms with Crippen LogP contribution in [0.1, 0.15) is 16.1 Å². The molecule has 34 heavy (non-hydrogen) atoms. The second-order valence-corrected chi connectivity index (χ2v) is 8.93. The van der Waals surface area contributed by atoms with Crippen LogP contribution in [-0.2, 0) is 16.6 Å². The van der Waals surface area contributed by atoms with E-state index in [1.807, 2.05) is 12.1 Å². The minimum Gasteiger partial charge on any atom is -0.493 e. The predicted octanol–water partition coefficient (Wildman–Crippen LogP) is 4.81. The van der Waals surface area contributed by atoms with Crippen LogP contribution >= 0.6 is 0 Å². The first-order valence-corrected chi connectivity index (χ1v) is 11.8. The van der Waals surface area contributed by atoms with Gasteiger partial charge in [0.25, 0.3) is 5.91 Å². The Morgan fingerprint density at radius 1 is 0.912 bits per heavy atom. The van der Waals surface area contributed by atoms with Crippen molar-refractivity contribution < 1.29 is 27.1 Å². The zero-order valence-electron chi connectivity index (χ0n) is 18.2. The number of para-hydroxylation sites is 2. The summed E-state index contributed by atoms with van der Waals surface area (Å²) in [5, 5.41) is 2.76. The second-order valence-electron chi connectivity index (χ2n) is 7.16. The van der Waals surface area contributed by atoms with E-state index in [1.54, 1.807) is 61.7 Å². The fourth-order valence-electron chi connectivity index (χ4n) is 3.11. The first kappa shape index (κ1) is 23.1. The molecule has 1 aromatic heterocycles. The number of anilines is 1. The molecule has 0 saturated carbocycles. The van der Waals surface area contributed by atoms with Gasteiger partial charge in [-0.15, -0.1) is 0 Å². The van der Waals surface area contributed by atoms with E-state index in [1.165, 1.54) is 24.5 Å². The topological polar surface area (TPSA) is 107 Å². The number of carbonyl (C=O) groups excluding carboxylic acids is 1. The molecule has 0 bridgehead atoms. The maximum atomic E-state index is 12.7. The number of nitrogens with one attached hydrogen (secondary N) is 2. The van der Waals surface area contributed by atoms with E-state index in [0.29, 0.717) is 28.7 Å². The standard InChI is InChI=1S/C25H22N2O6S/c1-31-23-9-2-3-10-24(23)33-20-13-11-19(12-14-20)27-25(28)18-6-4-8-22(16-18)34(29,30)26-17-21-7-5-15-32-21/h2-16,26H,17H2,1H3,(H,27,28). The smallest absolute Gasteiger partial charge is 0.255 e. The molecular formula is C25H22N2O6S. The van der Waals surface area contributed by atoms with Gasteiger partial charge in [-0.2, -0.15) is 0 Å². The maximum Gasteiger partial charge on any atom is 0.255 e. The summed E-state index contributed by atoms with van der Waals surface area (Å²) in [5.41, 5.74) is 0.733. The molecule has 4 rings (SSSR count). The quantitative estimate of drug-likeness (QED) is 0.358. The molecule has 0 aliphatic rings. The molecule has 0 radical (unpaired) electrons. The molecule has 1 heterocycles. The minimum atomic E-state index is -3.82. The van der Waals surface area contributed by atoms with Crippen LogP contribution < -0.4 is 19.5 Å². The molecule has 0 spiro atoms. The summed E-state index contributed by atoms with van der Waals surface area (Å²) in [7, 11) is -2.26. The third-order valence-corrected chi connectivity index (χ3v) is 6.23. The number of carbonyl (C=O) groups is 1. The van der Waals surface area contributed by atoms with Crippen LogP contribution in [0, 0.1) is 0 Å². The van der Waals surface area contributed by atoms with Crippen LogP contribution in [0.2, 0.25) is 0 Å². The highest BCUT2D eigenvalue weighted by atomic mass is 32.2. The average molecular weight is 479 g/mol. The lowest BCUT2D eigenvalue weighted by atomic mass is 10.2. The van der Waals surface area contributed by atoms with Gasteiger partial charge in [0, 0.05) is 11.3 Å². The summed E-state index contributed by atoms with van der Waals surface area (Å²) in [5.74, 6) is 1.78. The number of hydrogen-bond acceptors (Lipinski definition) is 6. The van der Waals surface area contributed by atoms with Crippen LogP contribution in [0.3, 0.4) is 0 Å². The number of amides is 1. The lowest BCUT2D eigenvalue weighted by Gasteiger charge is -2.11. The van der Waals surface area contributed by atoms with E-state index >= 15 is 0 Å². The third kappa shape index (κ3) is 5.64. The molecule has 0 atom stereocenters. The normalized spacial score (nSPS) is 11.1. The number of methoxy groups -OCH3 is 1. The third-order valence-electron chi connectivity index (χ3n) is 4.83. The summed E-state index contributed by atoms with van der Waals surface area (Å²) < 4.78 is 43.9. The van der Waals surface area contributed by atoms with Crippen molar-refractivity contribution in [1.29, 1.82) is 0 Å². The Labute approximate surface area is 197 Å². The van der Waals surface area contributed by atoms with E-state index in [4.69, 9.17) is 13.9 Å². The molecule has 1 amide bonds. The number of ether oxygens (including phenoxy) is 2. The lowest BCUT2D eigenvalue weighted by Crippen LogP contribution is -2.23. The number of furan rings is 1. The number of hydrogen-bond donors (Lipinski definition) is 2. The first-order chi connectivity index (χ1) is 16.4. The fourth-order valence-corrected chi connectivity index (χ4v) is 4.15. The molecule has 0 aliphatic carbocycles. The van der Waals surface area contributed by atoms with Crippen LogP contribution in [0.15, 0.2) is 101 Å². The van der Waals surface area contributed by atoms with Gasteiger partial charge >= 0.3 is 0 Å². The minimum absolute atomic E-state index is 0.00896. The molecule has 0 saturated heterocycles. The fraction of sp³-hybridized carbons (Fsp3) is 0.0800. The van der Waals surface area contributed by atoms with Crippen LogP contribution in [0.25, 0.3) is 0 Å². The van der Waals surface area contributed by atoms with Gasteiger partial charge < -0.3 is 19.2 Å². The molecule has 8 nitrogen and oxygen atoms in total. The summed E-state index contributed by atoms with van der Waals surface area (Å²) >= 11 is 0. The Balaban J connectivity index is 1.41. The van der Waals surface area contributed by atoms with Crippen LogP contribution in [-0.4, -0.2) is 21.4 Å². The Morgan fingerprint density at radius 3 is 2.38 bits per heavy atom. The number of sulfonamides is 1. The van der Waals surface area contributed by atoms with Crippen LogP contribution in [0.4, 0.5) is 5.69 Å². The van der Waals surface area contributed by atoms with Gasteiger partial charge in [-0.3, -0.25) is 4.79 Å². The molecule has 174 valence electrons. The Morgan fingerprint density at radius 2 is 1.68 bits per heavy atom. The average Bonchev–Trinajstić information content (AvgIpc) is 3.38. The Kier molecular flexibility index (Phi) is 6.95. The molecular weight excluding hydrogens is 456 g/mol. The van der Waals surface area contributed by atoms with Crippen molar-refractivity contribution in [2.45, 2.75) is 11.4 Å². The van der Waals surface area contributed by atoms with Crippen molar-refractivity contribution in [1.82, 2.24) is 4.72 Å². The highest BCUT2D eigenvalue weighted by Gasteiger charge is 2.17. The van der Waals surface area contributed by atoms with Crippen molar-refractivity contribution in [3.8, 4) is 17.2 Å².